The van der Waals surface area contributed by atoms with E-state index in [0.29, 0.717) is 0 Å². The molecule has 15 heavy (non-hydrogen) atoms. The molecule has 0 fully saturated rings. The standard InChI is InChI=1S/C12H19N.C2H6/c1-3-4-11-5-7-12(8-6-11)9-10-13-2;1-2/h5-8,13H,3-4,9-10H2,1-2H3;1-2H3. The Hall–Kier alpha value is -0.820. The number of benzene rings is 1. The minimum Gasteiger partial charge on any atom is -0.319 e. The average molecular weight is 207 g/mol. The Bertz CT molecular complexity index is 226. The van der Waals surface area contributed by atoms with Gasteiger partial charge < -0.3 is 5.32 Å². The van der Waals surface area contributed by atoms with Crippen molar-refractivity contribution in [2.24, 2.45) is 0 Å². The molecule has 1 heteroatoms. The van der Waals surface area contributed by atoms with Gasteiger partial charge in [-0.3, -0.25) is 0 Å². The van der Waals surface area contributed by atoms with Gasteiger partial charge in [0, 0.05) is 0 Å². The van der Waals surface area contributed by atoms with Crippen molar-refractivity contribution in [1.82, 2.24) is 5.32 Å². The zero-order valence-corrected chi connectivity index (χ0v) is 10.6. The second-order valence-corrected chi connectivity index (χ2v) is 3.42. The molecule has 0 amide bonds. The van der Waals surface area contributed by atoms with Gasteiger partial charge in [-0.25, -0.2) is 0 Å². The summed E-state index contributed by atoms with van der Waals surface area (Å²) in [5, 5.41) is 3.16. The van der Waals surface area contributed by atoms with Gasteiger partial charge in [0.1, 0.15) is 0 Å². The van der Waals surface area contributed by atoms with E-state index in [1.54, 1.807) is 0 Å². The van der Waals surface area contributed by atoms with Crippen LogP contribution in [0, 0.1) is 0 Å². The summed E-state index contributed by atoms with van der Waals surface area (Å²) in [4.78, 5) is 0. The summed E-state index contributed by atoms with van der Waals surface area (Å²) in [5.74, 6) is 0. The number of likely N-dealkylation sites (N-methyl/N-ethyl adjacent to an activating group) is 1. The second kappa shape index (κ2) is 9.72. The van der Waals surface area contributed by atoms with Crippen molar-refractivity contribution in [2.45, 2.75) is 40.0 Å². The fourth-order valence-electron chi connectivity index (χ4n) is 1.43. The van der Waals surface area contributed by atoms with Crippen LogP contribution >= 0.6 is 0 Å². The zero-order valence-electron chi connectivity index (χ0n) is 10.6. The minimum absolute atomic E-state index is 1.06. The highest BCUT2D eigenvalue weighted by Crippen LogP contribution is 2.06. The molecule has 1 aromatic rings. The fraction of sp³-hybridized carbons (Fsp3) is 0.571. The van der Waals surface area contributed by atoms with Gasteiger partial charge in [0.25, 0.3) is 0 Å². The first kappa shape index (κ1) is 14.2. The highest BCUT2D eigenvalue weighted by molar-refractivity contribution is 5.22. The van der Waals surface area contributed by atoms with Crippen LogP contribution in [0.25, 0.3) is 0 Å². The molecule has 0 saturated carbocycles. The maximum Gasteiger partial charge on any atom is -0.00114 e. The van der Waals surface area contributed by atoms with Crippen molar-refractivity contribution in [3.8, 4) is 0 Å². The van der Waals surface area contributed by atoms with Gasteiger partial charge in [-0.05, 0) is 37.6 Å². The molecule has 0 unspecified atom stereocenters. The molecular formula is C14H25N. The summed E-state index contributed by atoms with van der Waals surface area (Å²) in [6.07, 6.45) is 3.56. The molecular weight excluding hydrogens is 182 g/mol. The Morgan fingerprint density at radius 1 is 0.933 bits per heavy atom. The molecule has 1 N–H and O–H groups in total. The second-order valence-electron chi connectivity index (χ2n) is 3.42. The Balaban J connectivity index is 0.000000921. The Morgan fingerprint density at radius 3 is 1.80 bits per heavy atom. The number of hydrogen-bond acceptors (Lipinski definition) is 1. The van der Waals surface area contributed by atoms with Gasteiger partial charge in [-0.2, -0.15) is 0 Å². The van der Waals surface area contributed by atoms with Crippen molar-refractivity contribution in [3.05, 3.63) is 35.4 Å². The lowest BCUT2D eigenvalue weighted by atomic mass is 10.1. The van der Waals surface area contributed by atoms with Gasteiger partial charge >= 0.3 is 0 Å². The SMILES string of the molecule is CC.CCCc1ccc(CCNC)cc1. The molecule has 0 spiro atoms. The third-order valence-corrected chi connectivity index (χ3v) is 2.23. The van der Waals surface area contributed by atoms with Gasteiger partial charge in [0.2, 0.25) is 0 Å². The van der Waals surface area contributed by atoms with E-state index in [2.05, 4.69) is 36.5 Å². The van der Waals surface area contributed by atoms with E-state index in [1.165, 1.54) is 24.0 Å². The maximum atomic E-state index is 3.16. The predicted molar refractivity (Wildman–Crippen MR) is 69.4 cm³/mol. The minimum atomic E-state index is 1.06. The molecule has 0 radical (unpaired) electrons. The lowest BCUT2D eigenvalue weighted by molar-refractivity contribution is 0.791. The Morgan fingerprint density at radius 2 is 1.40 bits per heavy atom. The van der Waals surface area contributed by atoms with Crippen LogP contribution in [0.1, 0.15) is 38.3 Å². The van der Waals surface area contributed by atoms with E-state index in [0.717, 1.165) is 13.0 Å². The summed E-state index contributed by atoms with van der Waals surface area (Å²) in [6.45, 7) is 7.28. The molecule has 0 aliphatic heterocycles. The number of aryl methyl sites for hydroxylation is 1. The monoisotopic (exact) mass is 207 g/mol. The summed E-state index contributed by atoms with van der Waals surface area (Å²) >= 11 is 0. The first-order valence-electron chi connectivity index (χ1n) is 6.09. The van der Waals surface area contributed by atoms with E-state index < -0.39 is 0 Å². The van der Waals surface area contributed by atoms with Crippen molar-refractivity contribution in [2.75, 3.05) is 13.6 Å². The third kappa shape index (κ3) is 6.29. The van der Waals surface area contributed by atoms with Crippen molar-refractivity contribution < 1.29 is 0 Å². The molecule has 86 valence electrons. The summed E-state index contributed by atoms with van der Waals surface area (Å²) in [5.41, 5.74) is 2.88. The van der Waals surface area contributed by atoms with Crippen LogP contribution in [0.5, 0.6) is 0 Å². The van der Waals surface area contributed by atoms with Gasteiger partial charge in [0.15, 0.2) is 0 Å². The Kier molecular flexibility index (Phi) is 9.19. The molecule has 1 nitrogen and oxygen atoms in total. The van der Waals surface area contributed by atoms with Gasteiger partial charge in [0.05, 0.1) is 0 Å². The van der Waals surface area contributed by atoms with E-state index in [4.69, 9.17) is 0 Å². The average Bonchev–Trinajstić information content (AvgIpc) is 2.31. The van der Waals surface area contributed by atoms with Crippen LogP contribution in [-0.2, 0) is 12.8 Å². The van der Waals surface area contributed by atoms with Gasteiger partial charge in [-0.1, -0.05) is 51.5 Å². The highest BCUT2D eigenvalue weighted by atomic mass is 14.8. The number of rotatable bonds is 5. The molecule has 0 heterocycles. The molecule has 1 aromatic carbocycles. The quantitative estimate of drug-likeness (QED) is 0.780. The van der Waals surface area contributed by atoms with Crippen molar-refractivity contribution >= 4 is 0 Å². The lowest BCUT2D eigenvalue weighted by Gasteiger charge is -2.02. The zero-order chi connectivity index (χ0) is 11.5. The maximum absolute atomic E-state index is 3.16. The number of nitrogens with one attached hydrogen (secondary N) is 1. The summed E-state index contributed by atoms with van der Waals surface area (Å²) in [7, 11) is 1.99. The molecule has 0 bridgehead atoms. The molecule has 0 saturated heterocycles. The predicted octanol–water partition coefficient (Wildman–Crippen LogP) is 3.43. The molecule has 0 atom stereocenters. The normalized spacial score (nSPS) is 9.33. The number of hydrogen-bond donors (Lipinski definition) is 1. The fourth-order valence-corrected chi connectivity index (χ4v) is 1.43. The summed E-state index contributed by atoms with van der Waals surface area (Å²) < 4.78 is 0. The van der Waals surface area contributed by atoms with E-state index in [1.807, 2.05) is 20.9 Å². The van der Waals surface area contributed by atoms with E-state index in [9.17, 15) is 0 Å². The lowest BCUT2D eigenvalue weighted by Crippen LogP contribution is -2.10. The first-order chi connectivity index (χ1) is 7.36. The van der Waals surface area contributed by atoms with Crippen LogP contribution in [0.15, 0.2) is 24.3 Å². The molecule has 0 aliphatic rings. The molecule has 1 rings (SSSR count). The molecule has 0 aliphatic carbocycles. The molecule has 0 aromatic heterocycles. The summed E-state index contributed by atoms with van der Waals surface area (Å²) in [6, 6.07) is 8.97. The Labute approximate surface area is 94.9 Å². The van der Waals surface area contributed by atoms with E-state index in [-0.39, 0.29) is 0 Å². The first-order valence-corrected chi connectivity index (χ1v) is 6.09. The third-order valence-electron chi connectivity index (χ3n) is 2.23. The van der Waals surface area contributed by atoms with Crippen molar-refractivity contribution in [1.29, 1.82) is 0 Å². The van der Waals surface area contributed by atoms with Crippen LogP contribution < -0.4 is 5.32 Å². The van der Waals surface area contributed by atoms with Crippen molar-refractivity contribution in [3.63, 3.8) is 0 Å². The van der Waals surface area contributed by atoms with Crippen LogP contribution in [-0.4, -0.2) is 13.6 Å². The van der Waals surface area contributed by atoms with E-state index >= 15 is 0 Å². The highest BCUT2D eigenvalue weighted by Gasteiger charge is 1.93. The van der Waals surface area contributed by atoms with Gasteiger partial charge in [-0.15, -0.1) is 0 Å². The smallest absolute Gasteiger partial charge is 0.00114 e. The topological polar surface area (TPSA) is 12.0 Å². The van der Waals surface area contributed by atoms with Crippen LogP contribution in [0.4, 0.5) is 0 Å². The largest absolute Gasteiger partial charge is 0.319 e. The van der Waals surface area contributed by atoms with Crippen LogP contribution in [0.2, 0.25) is 0 Å². The van der Waals surface area contributed by atoms with Crippen LogP contribution in [0.3, 0.4) is 0 Å².